The Bertz CT molecular complexity index is 648. The van der Waals surface area contributed by atoms with Crippen molar-refractivity contribution in [1.29, 1.82) is 0 Å². The van der Waals surface area contributed by atoms with E-state index in [0.717, 1.165) is 4.96 Å². The number of nitrogens with zero attached hydrogens (tertiary/aromatic N) is 2. The zero-order valence-corrected chi connectivity index (χ0v) is 14.1. The first-order valence-electron chi connectivity index (χ1n) is 7.26. The highest BCUT2D eigenvalue weighted by Gasteiger charge is 2.39. The maximum Gasteiger partial charge on any atom is 0.331 e. The lowest BCUT2D eigenvalue weighted by atomic mass is 9.88. The molecule has 22 heavy (non-hydrogen) atoms. The van der Waals surface area contributed by atoms with Crippen LogP contribution in [0.1, 0.15) is 33.4 Å². The predicted octanol–water partition coefficient (Wildman–Crippen LogP) is 2.03. The fourth-order valence-electron chi connectivity index (χ4n) is 2.07. The Kier molecular flexibility index (Phi) is 4.85. The van der Waals surface area contributed by atoms with Crippen molar-refractivity contribution in [2.45, 2.75) is 39.7 Å². The van der Waals surface area contributed by atoms with E-state index >= 15 is 0 Å². The van der Waals surface area contributed by atoms with E-state index in [-0.39, 0.29) is 24.9 Å². The van der Waals surface area contributed by atoms with Gasteiger partial charge in [0.05, 0.1) is 18.7 Å². The number of rotatable bonds is 6. The molecule has 0 aliphatic carbocycles. The van der Waals surface area contributed by atoms with Crippen molar-refractivity contribution in [1.82, 2.24) is 14.7 Å². The van der Waals surface area contributed by atoms with Crippen molar-refractivity contribution in [3.8, 4) is 0 Å². The van der Waals surface area contributed by atoms with Crippen LogP contribution in [-0.2, 0) is 20.7 Å². The molecule has 120 valence electrons. The Hall–Kier alpha value is -1.89. The van der Waals surface area contributed by atoms with Gasteiger partial charge in [0.2, 0.25) is 5.91 Å². The summed E-state index contributed by atoms with van der Waals surface area (Å²) >= 11 is 1.51. The molecule has 1 N–H and O–H groups in total. The lowest BCUT2D eigenvalue weighted by Crippen LogP contribution is -2.57. The summed E-state index contributed by atoms with van der Waals surface area (Å²) in [6, 6.07) is 0. The van der Waals surface area contributed by atoms with Crippen LogP contribution in [0.25, 0.3) is 4.96 Å². The van der Waals surface area contributed by atoms with Crippen molar-refractivity contribution in [2.75, 3.05) is 6.61 Å². The molecule has 1 atom stereocenters. The van der Waals surface area contributed by atoms with Gasteiger partial charge in [0, 0.05) is 17.8 Å². The summed E-state index contributed by atoms with van der Waals surface area (Å²) < 4.78 is 6.96. The predicted molar refractivity (Wildman–Crippen MR) is 84.8 cm³/mol. The molecule has 0 fully saturated rings. The van der Waals surface area contributed by atoms with Gasteiger partial charge in [0.25, 0.3) is 0 Å². The van der Waals surface area contributed by atoms with Gasteiger partial charge in [-0.15, -0.1) is 11.3 Å². The van der Waals surface area contributed by atoms with Crippen LogP contribution in [0.3, 0.4) is 0 Å². The number of carbonyl (C=O) groups excluding carboxylic acids is 2. The maximum absolute atomic E-state index is 12.3. The van der Waals surface area contributed by atoms with Gasteiger partial charge in [-0.05, 0) is 19.8 Å². The zero-order valence-electron chi connectivity index (χ0n) is 13.3. The molecular formula is C15H21N3O3S. The van der Waals surface area contributed by atoms with Crippen molar-refractivity contribution < 1.29 is 14.3 Å². The van der Waals surface area contributed by atoms with Crippen molar-refractivity contribution in [2.24, 2.45) is 5.92 Å². The highest BCUT2D eigenvalue weighted by molar-refractivity contribution is 7.15. The molecule has 2 heterocycles. The molecule has 0 aliphatic rings. The first-order valence-corrected chi connectivity index (χ1v) is 8.14. The molecule has 0 saturated carbocycles. The topological polar surface area (TPSA) is 72.7 Å². The Morgan fingerprint density at radius 2 is 2.23 bits per heavy atom. The van der Waals surface area contributed by atoms with E-state index in [0.29, 0.717) is 5.69 Å². The van der Waals surface area contributed by atoms with Gasteiger partial charge in [-0.3, -0.25) is 9.20 Å². The van der Waals surface area contributed by atoms with E-state index < -0.39 is 11.5 Å². The van der Waals surface area contributed by atoms with Crippen molar-refractivity contribution in [3.05, 3.63) is 23.5 Å². The van der Waals surface area contributed by atoms with Crippen LogP contribution in [0.5, 0.6) is 0 Å². The third-order valence-corrected chi connectivity index (χ3v) is 4.51. The molecule has 2 aromatic rings. The molecule has 0 bridgehead atoms. The summed E-state index contributed by atoms with van der Waals surface area (Å²) in [5.41, 5.74) is -0.358. The molecule has 7 heteroatoms. The summed E-state index contributed by atoms with van der Waals surface area (Å²) in [5, 5.41) is 4.74. The van der Waals surface area contributed by atoms with Gasteiger partial charge in [-0.25, -0.2) is 9.78 Å². The van der Waals surface area contributed by atoms with Gasteiger partial charge in [0.15, 0.2) is 4.96 Å². The van der Waals surface area contributed by atoms with Crippen LogP contribution in [-0.4, -0.2) is 33.4 Å². The van der Waals surface area contributed by atoms with Crippen LogP contribution in [0.2, 0.25) is 0 Å². The minimum Gasteiger partial charge on any atom is -0.464 e. The van der Waals surface area contributed by atoms with Crippen molar-refractivity contribution >= 4 is 28.2 Å². The molecule has 2 rings (SSSR count). The van der Waals surface area contributed by atoms with E-state index in [4.69, 9.17) is 4.74 Å². The number of ether oxygens (including phenoxy) is 1. The highest BCUT2D eigenvalue weighted by atomic mass is 32.1. The smallest absolute Gasteiger partial charge is 0.331 e. The third-order valence-electron chi connectivity index (χ3n) is 3.74. The monoisotopic (exact) mass is 323 g/mol. The molecule has 1 amide bonds. The number of aromatic nitrogens is 2. The Morgan fingerprint density at radius 3 is 2.82 bits per heavy atom. The standard InChI is InChI=1S/C15H21N3O3S/c1-5-21-13(20)15(4,10(2)3)17-12(19)8-11-9-18-6-7-22-14(18)16-11/h6-7,9-10H,5,8H2,1-4H3,(H,17,19)/t15-/m0/s1. The van der Waals surface area contributed by atoms with E-state index in [1.807, 2.05) is 36.0 Å². The number of fused-ring (bicyclic) bond motifs is 1. The molecule has 0 radical (unpaired) electrons. The SMILES string of the molecule is CCOC(=O)[C@@](C)(NC(=O)Cc1cn2ccsc2n1)C(C)C. The number of esters is 1. The summed E-state index contributed by atoms with van der Waals surface area (Å²) in [7, 11) is 0. The third kappa shape index (κ3) is 3.30. The largest absolute Gasteiger partial charge is 0.464 e. The van der Waals surface area contributed by atoms with E-state index in [1.54, 1.807) is 13.8 Å². The molecule has 0 saturated heterocycles. The van der Waals surface area contributed by atoms with Gasteiger partial charge < -0.3 is 10.1 Å². The Morgan fingerprint density at radius 1 is 1.50 bits per heavy atom. The van der Waals surface area contributed by atoms with Crippen LogP contribution in [0.4, 0.5) is 0 Å². The second-order valence-corrected chi connectivity index (χ2v) is 6.50. The fraction of sp³-hybridized carbons (Fsp3) is 0.533. The van der Waals surface area contributed by atoms with Gasteiger partial charge in [-0.2, -0.15) is 0 Å². The first-order chi connectivity index (χ1) is 10.4. The lowest BCUT2D eigenvalue weighted by Gasteiger charge is -2.32. The average Bonchev–Trinajstić information content (AvgIpc) is 2.99. The van der Waals surface area contributed by atoms with Crippen LogP contribution in [0, 0.1) is 5.92 Å². The van der Waals surface area contributed by atoms with Crippen LogP contribution in [0.15, 0.2) is 17.8 Å². The number of thiazole rings is 1. The lowest BCUT2D eigenvalue weighted by molar-refractivity contribution is -0.154. The van der Waals surface area contributed by atoms with Gasteiger partial charge in [0.1, 0.15) is 5.54 Å². The molecule has 0 aliphatic heterocycles. The number of imidazole rings is 1. The summed E-state index contributed by atoms with van der Waals surface area (Å²) in [5.74, 6) is -0.736. The number of amides is 1. The molecule has 6 nitrogen and oxygen atoms in total. The molecule has 2 aromatic heterocycles. The van der Waals surface area contributed by atoms with Gasteiger partial charge >= 0.3 is 5.97 Å². The summed E-state index contributed by atoms with van der Waals surface area (Å²) in [6.07, 6.45) is 3.85. The molecular weight excluding hydrogens is 302 g/mol. The van der Waals surface area contributed by atoms with E-state index in [2.05, 4.69) is 10.3 Å². The van der Waals surface area contributed by atoms with E-state index in [9.17, 15) is 9.59 Å². The minimum atomic E-state index is -1.04. The highest BCUT2D eigenvalue weighted by Crippen LogP contribution is 2.19. The normalized spacial score (nSPS) is 14.0. The van der Waals surface area contributed by atoms with E-state index in [1.165, 1.54) is 11.3 Å². The van der Waals surface area contributed by atoms with Crippen molar-refractivity contribution in [3.63, 3.8) is 0 Å². The zero-order chi connectivity index (χ0) is 16.3. The molecule has 0 spiro atoms. The number of hydrogen-bond acceptors (Lipinski definition) is 5. The maximum atomic E-state index is 12.3. The van der Waals surface area contributed by atoms with Crippen LogP contribution < -0.4 is 5.32 Å². The van der Waals surface area contributed by atoms with Crippen LogP contribution >= 0.6 is 11.3 Å². The van der Waals surface area contributed by atoms with Gasteiger partial charge in [-0.1, -0.05) is 13.8 Å². The molecule has 0 aromatic carbocycles. The second kappa shape index (κ2) is 6.48. The minimum absolute atomic E-state index is 0.0824. The Balaban J connectivity index is 2.07. The quantitative estimate of drug-likeness (QED) is 0.826. The number of nitrogens with one attached hydrogen (secondary N) is 1. The number of hydrogen-bond donors (Lipinski definition) is 1. The Labute approximate surface area is 133 Å². The summed E-state index contributed by atoms with van der Waals surface area (Å²) in [6.45, 7) is 7.49. The first kappa shape index (κ1) is 16.5. The molecule has 0 unspecified atom stereocenters. The average molecular weight is 323 g/mol. The summed E-state index contributed by atoms with van der Waals surface area (Å²) in [4.78, 5) is 29.6. The second-order valence-electron chi connectivity index (χ2n) is 5.63. The number of carbonyl (C=O) groups is 2. The fourth-order valence-corrected chi connectivity index (χ4v) is 2.79.